The van der Waals surface area contributed by atoms with E-state index in [1.165, 1.54) is 19.3 Å². The molecule has 1 unspecified atom stereocenters. The maximum absolute atomic E-state index is 9.87. The average Bonchev–Trinajstić information content (AvgIpc) is 3.03. The van der Waals surface area contributed by atoms with Crippen molar-refractivity contribution in [3.05, 3.63) is 28.2 Å². The Balaban J connectivity index is 1.46. The first-order chi connectivity index (χ1) is 10.2. The van der Waals surface area contributed by atoms with E-state index >= 15 is 0 Å². The molecule has 2 aliphatic heterocycles. The summed E-state index contributed by atoms with van der Waals surface area (Å²) in [6.45, 7) is 4.85. The van der Waals surface area contributed by atoms with Crippen LogP contribution in [0.2, 0.25) is 0 Å². The number of benzene rings is 1. The lowest BCUT2D eigenvalue weighted by Crippen LogP contribution is -2.46. The number of rotatable bonds is 4. The Hall–Kier alpha value is -0.620. The van der Waals surface area contributed by atoms with Crippen LogP contribution in [-0.2, 0) is 11.3 Å². The van der Waals surface area contributed by atoms with Crippen molar-refractivity contribution in [1.82, 2.24) is 10.2 Å². The maximum Gasteiger partial charge on any atom is 0.120 e. The third kappa shape index (κ3) is 3.97. The summed E-state index contributed by atoms with van der Waals surface area (Å²) in [5, 5.41) is 13.4. The lowest BCUT2D eigenvalue weighted by molar-refractivity contribution is 0.117. The second-order valence-corrected chi connectivity index (χ2v) is 6.90. The summed E-state index contributed by atoms with van der Waals surface area (Å²) < 4.78 is 6.48. The van der Waals surface area contributed by atoms with Crippen molar-refractivity contribution in [2.75, 3.05) is 26.3 Å². The summed E-state index contributed by atoms with van der Waals surface area (Å²) in [5.41, 5.74) is 0.955. The van der Waals surface area contributed by atoms with Crippen LogP contribution in [0, 0.1) is 0 Å². The van der Waals surface area contributed by atoms with Crippen LogP contribution >= 0.6 is 15.9 Å². The number of hydrogen-bond donors (Lipinski definition) is 2. The topological polar surface area (TPSA) is 44.7 Å². The van der Waals surface area contributed by atoms with Crippen molar-refractivity contribution < 1.29 is 9.84 Å². The van der Waals surface area contributed by atoms with Gasteiger partial charge in [0.05, 0.1) is 6.61 Å². The Morgan fingerprint density at radius 3 is 2.81 bits per heavy atom. The van der Waals surface area contributed by atoms with Gasteiger partial charge in [0.25, 0.3) is 0 Å². The van der Waals surface area contributed by atoms with Crippen molar-refractivity contribution in [3.8, 4) is 5.75 Å². The smallest absolute Gasteiger partial charge is 0.120 e. The Bertz CT molecular complexity index is 469. The van der Waals surface area contributed by atoms with Crippen LogP contribution in [0.3, 0.4) is 0 Å². The SMILES string of the molecule is Oc1ccc(Br)cc1CNC1CCN(C2CCOC2)CC1. The number of phenolic OH excluding ortho intramolecular Hbond substituents is 1. The van der Waals surface area contributed by atoms with Crippen molar-refractivity contribution in [2.45, 2.75) is 37.9 Å². The molecule has 21 heavy (non-hydrogen) atoms. The molecule has 0 bridgehead atoms. The molecular formula is C16H23BrN2O2. The zero-order valence-electron chi connectivity index (χ0n) is 12.2. The van der Waals surface area contributed by atoms with E-state index in [-0.39, 0.29) is 0 Å². The number of ether oxygens (including phenoxy) is 1. The van der Waals surface area contributed by atoms with Gasteiger partial charge >= 0.3 is 0 Å². The fourth-order valence-electron chi connectivity index (χ4n) is 3.23. The highest BCUT2D eigenvalue weighted by molar-refractivity contribution is 9.10. The van der Waals surface area contributed by atoms with E-state index in [4.69, 9.17) is 4.74 Å². The van der Waals surface area contributed by atoms with E-state index < -0.39 is 0 Å². The van der Waals surface area contributed by atoms with Gasteiger partial charge < -0.3 is 15.2 Å². The number of nitrogens with one attached hydrogen (secondary N) is 1. The molecule has 5 heteroatoms. The van der Waals surface area contributed by atoms with E-state index in [0.29, 0.717) is 17.8 Å². The first kappa shape index (κ1) is 15.3. The van der Waals surface area contributed by atoms with E-state index in [1.807, 2.05) is 12.1 Å². The van der Waals surface area contributed by atoms with Gasteiger partial charge in [-0.15, -0.1) is 0 Å². The molecule has 3 rings (SSSR count). The van der Waals surface area contributed by atoms with Crippen LogP contribution in [0.15, 0.2) is 22.7 Å². The van der Waals surface area contributed by atoms with E-state index in [0.717, 1.165) is 42.9 Å². The number of hydrogen-bond acceptors (Lipinski definition) is 4. The molecule has 116 valence electrons. The van der Waals surface area contributed by atoms with Crippen LogP contribution in [-0.4, -0.2) is 48.4 Å². The van der Waals surface area contributed by atoms with Gasteiger partial charge in [0.2, 0.25) is 0 Å². The van der Waals surface area contributed by atoms with E-state index in [9.17, 15) is 5.11 Å². The third-order valence-electron chi connectivity index (χ3n) is 4.57. The van der Waals surface area contributed by atoms with Gasteiger partial charge in [-0.05, 0) is 37.5 Å². The predicted octanol–water partition coefficient (Wildman–Crippen LogP) is 2.50. The highest BCUT2D eigenvalue weighted by atomic mass is 79.9. The predicted molar refractivity (Wildman–Crippen MR) is 86.5 cm³/mol. The second-order valence-electron chi connectivity index (χ2n) is 5.98. The summed E-state index contributed by atoms with van der Waals surface area (Å²) in [5.74, 6) is 0.367. The Morgan fingerprint density at radius 2 is 2.10 bits per heavy atom. The van der Waals surface area contributed by atoms with Crippen molar-refractivity contribution >= 4 is 15.9 Å². The molecule has 4 nitrogen and oxygen atoms in total. The normalized spacial score (nSPS) is 24.5. The lowest BCUT2D eigenvalue weighted by atomic mass is 10.0. The summed E-state index contributed by atoms with van der Waals surface area (Å²) >= 11 is 3.45. The lowest BCUT2D eigenvalue weighted by Gasteiger charge is -2.35. The standard InChI is InChI=1S/C16H23BrN2O2/c17-13-1-2-16(20)12(9-13)10-18-14-3-6-19(7-4-14)15-5-8-21-11-15/h1-2,9,14-15,18,20H,3-8,10-11H2. The van der Waals surface area contributed by atoms with Crippen LogP contribution in [0.5, 0.6) is 5.75 Å². The van der Waals surface area contributed by atoms with Gasteiger partial charge in [-0.25, -0.2) is 0 Å². The third-order valence-corrected chi connectivity index (χ3v) is 5.07. The summed E-state index contributed by atoms with van der Waals surface area (Å²) in [6.07, 6.45) is 3.53. The fraction of sp³-hybridized carbons (Fsp3) is 0.625. The minimum absolute atomic E-state index is 0.367. The molecule has 2 heterocycles. The summed E-state index contributed by atoms with van der Waals surface area (Å²) in [6, 6.07) is 6.76. The van der Waals surface area contributed by atoms with E-state index in [2.05, 4.69) is 26.1 Å². The van der Waals surface area contributed by atoms with Crippen LogP contribution in [0.1, 0.15) is 24.8 Å². The Kier molecular flexibility index (Phi) is 5.16. The number of aromatic hydroxyl groups is 1. The summed E-state index contributed by atoms with van der Waals surface area (Å²) in [4.78, 5) is 2.57. The van der Waals surface area contributed by atoms with Gasteiger partial charge in [0, 0.05) is 48.4 Å². The average molecular weight is 355 g/mol. The first-order valence-electron chi connectivity index (χ1n) is 7.75. The molecule has 2 fully saturated rings. The number of piperidine rings is 1. The molecule has 0 aliphatic carbocycles. The van der Waals surface area contributed by atoms with Crippen molar-refractivity contribution in [2.24, 2.45) is 0 Å². The summed E-state index contributed by atoms with van der Waals surface area (Å²) in [7, 11) is 0. The van der Waals surface area contributed by atoms with Crippen LogP contribution < -0.4 is 5.32 Å². The zero-order valence-corrected chi connectivity index (χ0v) is 13.8. The molecular weight excluding hydrogens is 332 g/mol. The van der Waals surface area contributed by atoms with Gasteiger partial charge in [-0.2, -0.15) is 0 Å². The molecule has 0 saturated carbocycles. The first-order valence-corrected chi connectivity index (χ1v) is 8.54. The van der Waals surface area contributed by atoms with Crippen LogP contribution in [0.25, 0.3) is 0 Å². The van der Waals surface area contributed by atoms with Crippen LogP contribution in [0.4, 0.5) is 0 Å². The van der Waals surface area contributed by atoms with Gasteiger partial charge in [-0.3, -0.25) is 4.90 Å². The number of likely N-dealkylation sites (tertiary alicyclic amines) is 1. The quantitative estimate of drug-likeness (QED) is 0.871. The number of halogens is 1. The molecule has 2 aliphatic rings. The molecule has 1 aromatic carbocycles. The molecule has 2 saturated heterocycles. The Morgan fingerprint density at radius 1 is 1.29 bits per heavy atom. The number of nitrogens with zero attached hydrogens (tertiary/aromatic N) is 1. The van der Waals surface area contributed by atoms with Gasteiger partial charge in [0.15, 0.2) is 0 Å². The highest BCUT2D eigenvalue weighted by Gasteiger charge is 2.27. The molecule has 0 aromatic heterocycles. The molecule has 0 spiro atoms. The van der Waals surface area contributed by atoms with Crippen molar-refractivity contribution in [1.29, 1.82) is 0 Å². The largest absolute Gasteiger partial charge is 0.508 e. The van der Waals surface area contributed by atoms with Gasteiger partial charge in [0.1, 0.15) is 5.75 Å². The zero-order chi connectivity index (χ0) is 14.7. The second kappa shape index (κ2) is 7.09. The monoisotopic (exact) mass is 354 g/mol. The van der Waals surface area contributed by atoms with Crippen molar-refractivity contribution in [3.63, 3.8) is 0 Å². The maximum atomic E-state index is 9.87. The molecule has 1 atom stereocenters. The fourth-order valence-corrected chi connectivity index (χ4v) is 3.64. The number of phenols is 1. The molecule has 0 radical (unpaired) electrons. The molecule has 1 aromatic rings. The molecule has 2 N–H and O–H groups in total. The van der Waals surface area contributed by atoms with Gasteiger partial charge in [-0.1, -0.05) is 15.9 Å². The highest BCUT2D eigenvalue weighted by Crippen LogP contribution is 2.23. The molecule has 0 amide bonds. The minimum Gasteiger partial charge on any atom is -0.508 e. The minimum atomic E-state index is 0.367. The van der Waals surface area contributed by atoms with E-state index in [1.54, 1.807) is 6.07 Å². The Labute approximate surface area is 134 Å².